The lowest BCUT2D eigenvalue weighted by Crippen LogP contribution is -2.39. The molecule has 1 aromatic carbocycles. The van der Waals surface area contributed by atoms with E-state index >= 15 is 0 Å². The predicted molar refractivity (Wildman–Crippen MR) is 113 cm³/mol. The first kappa shape index (κ1) is 22.2. The van der Waals surface area contributed by atoms with Gasteiger partial charge in [0.2, 0.25) is 15.9 Å². The lowest BCUT2D eigenvalue weighted by Gasteiger charge is -2.30. The molecule has 0 bridgehead atoms. The predicted octanol–water partition coefficient (Wildman–Crippen LogP) is 3.59. The molecule has 162 valence electrons. The van der Waals surface area contributed by atoms with Gasteiger partial charge in [-0.2, -0.15) is 4.31 Å². The average Bonchev–Trinajstić information content (AvgIpc) is 2.73. The minimum Gasteiger partial charge on any atom is -0.289 e. The molecule has 1 unspecified atom stereocenters. The molecule has 29 heavy (non-hydrogen) atoms. The Labute approximate surface area is 174 Å². The van der Waals surface area contributed by atoms with Crippen LogP contribution in [0.3, 0.4) is 0 Å². The molecule has 6 nitrogen and oxygen atoms in total. The van der Waals surface area contributed by atoms with E-state index in [1.807, 2.05) is 13.8 Å². The molecule has 1 amide bonds. The van der Waals surface area contributed by atoms with Gasteiger partial charge in [0.15, 0.2) is 0 Å². The van der Waals surface area contributed by atoms with Gasteiger partial charge in [0.1, 0.15) is 0 Å². The number of carbonyl (C=O) groups is 1. The number of hydrogen-bond acceptors (Lipinski definition) is 4. The Morgan fingerprint density at radius 1 is 1.21 bits per heavy atom. The highest BCUT2D eigenvalue weighted by atomic mass is 32.2. The molecule has 0 radical (unpaired) electrons. The number of nitrogens with zero attached hydrogens (tertiary/aromatic N) is 1. The van der Waals surface area contributed by atoms with Crippen molar-refractivity contribution in [2.24, 2.45) is 11.8 Å². The number of hydrogen-bond donors (Lipinski definition) is 2. The number of carbonyl (C=O) groups excluding carboxylic acids is 1. The molecule has 1 aromatic rings. The summed E-state index contributed by atoms with van der Waals surface area (Å²) in [6.07, 6.45) is 7.41. The van der Waals surface area contributed by atoms with Crippen LogP contribution < -0.4 is 5.48 Å². The van der Waals surface area contributed by atoms with Crippen molar-refractivity contribution in [1.82, 2.24) is 9.79 Å². The van der Waals surface area contributed by atoms with E-state index < -0.39 is 21.8 Å². The fourth-order valence-electron chi connectivity index (χ4n) is 4.73. The molecule has 0 spiro atoms. The van der Waals surface area contributed by atoms with Crippen molar-refractivity contribution >= 4 is 15.9 Å². The van der Waals surface area contributed by atoms with Crippen LogP contribution in [0.15, 0.2) is 18.2 Å². The number of nitrogens with one attached hydrogen (secondary N) is 1. The largest absolute Gasteiger partial charge is 0.289 e. The van der Waals surface area contributed by atoms with Crippen molar-refractivity contribution in [3.05, 3.63) is 34.9 Å². The van der Waals surface area contributed by atoms with Crippen LogP contribution in [0.4, 0.5) is 0 Å². The van der Waals surface area contributed by atoms with Gasteiger partial charge in [-0.25, -0.2) is 13.9 Å². The van der Waals surface area contributed by atoms with E-state index in [1.165, 1.54) is 43.2 Å². The molecule has 1 aliphatic carbocycles. The Morgan fingerprint density at radius 2 is 1.93 bits per heavy atom. The van der Waals surface area contributed by atoms with Gasteiger partial charge in [-0.05, 0) is 54.2 Å². The van der Waals surface area contributed by atoms with E-state index in [-0.39, 0.29) is 18.1 Å². The highest BCUT2D eigenvalue weighted by Crippen LogP contribution is 2.34. The third-order valence-corrected chi connectivity index (χ3v) is 8.47. The van der Waals surface area contributed by atoms with E-state index in [1.54, 1.807) is 9.79 Å². The van der Waals surface area contributed by atoms with E-state index in [2.05, 4.69) is 18.2 Å². The maximum Gasteiger partial charge on any atom is 0.246 e. The number of hydroxylamine groups is 1. The molecule has 1 saturated carbocycles. The van der Waals surface area contributed by atoms with Crippen LogP contribution in [0.25, 0.3) is 0 Å². The molecule has 1 fully saturated rings. The number of amides is 1. The zero-order valence-electron chi connectivity index (χ0n) is 17.6. The van der Waals surface area contributed by atoms with Gasteiger partial charge >= 0.3 is 0 Å². The van der Waals surface area contributed by atoms with Crippen molar-refractivity contribution in [3.63, 3.8) is 0 Å². The summed E-state index contributed by atoms with van der Waals surface area (Å²) < 4.78 is 27.3. The second kappa shape index (κ2) is 9.58. The van der Waals surface area contributed by atoms with Crippen molar-refractivity contribution in [2.75, 3.05) is 12.3 Å². The molecule has 1 aliphatic heterocycles. The van der Waals surface area contributed by atoms with E-state index in [9.17, 15) is 13.2 Å². The Bertz CT molecular complexity index is 816. The van der Waals surface area contributed by atoms with Crippen molar-refractivity contribution in [2.45, 2.75) is 71.3 Å². The van der Waals surface area contributed by atoms with Crippen LogP contribution in [0, 0.1) is 11.8 Å². The first-order valence-electron chi connectivity index (χ1n) is 10.9. The zero-order chi connectivity index (χ0) is 21.0. The smallest absolute Gasteiger partial charge is 0.246 e. The van der Waals surface area contributed by atoms with Crippen molar-refractivity contribution < 1.29 is 18.4 Å². The zero-order valence-corrected chi connectivity index (χ0v) is 18.4. The van der Waals surface area contributed by atoms with Crippen LogP contribution >= 0.6 is 0 Å². The highest BCUT2D eigenvalue weighted by Gasteiger charge is 2.30. The first-order chi connectivity index (χ1) is 13.8. The SMILES string of the molecule is CC(C)C(CCS(=O)(=O)N1CCc2cc(C3CCCCC3)ccc2C1)C(=O)NO. The molecule has 0 saturated heterocycles. The van der Waals surface area contributed by atoms with Crippen LogP contribution in [-0.4, -0.2) is 36.1 Å². The van der Waals surface area contributed by atoms with Gasteiger partial charge in [0.25, 0.3) is 0 Å². The monoisotopic (exact) mass is 422 g/mol. The number of sulfonamides is 1. The Balaban J connectivity index is 1.65. The molecule has 7 heteroatoms. The summed E-state index contributed by atoms with van der Waals surface area (Å²) in [5.41, 5.74) is 5.44. The summed E-state index contributed by atoms with van der Waals surface area (Å²) >= 11 is 0. The first-order valence-corrected chi connectivity index (χ1v) is 12.5. The molecule has 1 atom stereocenters. The lowest BCUT2D eigenvalue weighted by atomic mass is 9.82. The third-order valence-electron chi connectivity index (χ3n) is 6.62. The van der Waals surface area contributed by atoms with Gasteiger partial charge in [-0.1, -0.05) is 51.3 Å². The third kappa shape index (κ3) is 5.38. The fraction of sp³-hybridized carbons (Fsp3) is 0.682. The summed E-state index contributed by atoms with van der Waals surface area (Å²) in [6, 6.07) is 6.60. The molecular weight excluding hydrogens is 388 g/mol. The standard InChI is InChI=1S/C22H34N2O4S/c1-16(2)21(22(25)23-26)11-13-29(27,28)24-12-10-19-14-18(8-9-20(19)15-24)17-6-4-3-5-7-17/h8-9,14,16-17,21,26H,3-7,10-13,15H2,1-2H3,(H,23,25). The molecule has 0 aromatic heterocycles. The number of rotatable bonds is 7. The molecule has 2 aliphatic rings. The normalized spacial score (nSPS) is 19.7. The Hall–Kier alpha value is -1.44. The van der Waals surface area contributed by atoms with E-state index in [0.29, 0.717) is 19.0 Å². The van der Waals surface area contributed by atoms with Gasteiger partial charge in [-0.3, -0.25) is 10.0 Å². The van der Waals surface area contributed by atoms with Crippen LogP contribution in [0.5, 0.6) is 0 Å². The maximum atomic E-state index is 12.9. The van der Waals surface area contributed by atoms with Crippen LogP contribution in [0.2, 0.25) is 0 Å². The van der Waals surface area contributed by atoms with E-state index in [0.717, 1.165) is 12.0 Å². The number of benzene rings is 1. The lowest BCUT2D eigenvalue weighted by molar-refractivity contribution is -0.134. The molecule has 1 heterocycles. The van der Waals surface area contributed by atoms with Gasteiger partial charge in [0.05, 0.1) is 5.75 Å². The topological polar surface area (TPSA) is 86.7 Å². The summed E-state index contributed by atoms with van der Waals surface area (Å²) in [7, 11) is -3.46. The Kier molecular flexibility index (Phi) is 7.35. The van der Waals surface area contributed by atoms with Gasteiger partial charge < -0.3 is 0 Å². The maximum absolute atomic E-state index is 12.9. The van der Waals surface area contributed by atoms with Crippen LogP contribution in [0.1, 0.15) is 75.0 Å². The number of fused-ring (bicyclic) bond motifs is 1. The molecule has 2 N–H and O–H groups in total. The quantitative estimate of drug-likeness (QED) is 0.519. The van der Waals surface area contributed by atoms with Crippen LogP contribution in [-0.2, 0) is 27.8 Å². The van der Waals surface area contributed by atoms with Gasteiger partial charge in [-0.15, -0.1) is 0 Å². The highest BCUT2D eigenvalue weighted by molar-refractivity contribution is 7.89. The minimum absolute atomic E-state index is 0.0439. The second-order valence-corrected chi connectivity index (χ2v) is 11.0. The summed E-state index contributed by atoms with van der Waals surface area (Å²) in [4.78, 5) is 11.8. The Morgan fingerprint density at radius 3 is 2.59 bits per heavy atom. The second-order valence-electron chi connectivity index (χ2n) is 8.88. The molecular formula is C22H34N2O4S. The summed E-state index contributed by atoms with van der Waals surface area (Å²) in [5.74, 6) is -0.517. The average molecular weight is 423 g/mol. The summed E-state index contributed by atoms with van der Waals surface area (Å²) in [6.45, 7) is 4.60. The van der Waals surface area contributed by atoms with E-state index in [4.69, 9.17) is 5.21 Å². The molecule has 3 rings (SSSR count). The van der Waals surface area contributed by atoms with Gasteiger partial charge in [0, 0.05) is 19.0 Å². The summed E-state index contributed by atoms with van der Waals surface area (Å²) in [5, 5.41) is 8.90. The van der Waals surface area contributed by atoms with Crippen molar-refractivity contribution in [3.8, 4) is 0 Å². The minimum atomic E-state index is -3.46. The fourth-order valence-corrected chi connectivity index (χ4v) is 6.24. The van der Waals surface area contributed by atoms with Crippen molar-refractivity contribution in [1.29, 1.82) is 0 Å².